The number of hydrogen-bond acceptors (Lipinski definition) is 3. The van der Waals surface area contributed by atoms with Gasteiger partial charge in [-0.1, -0.05) is 18.2 Å². The monoisotopic (exact) mass is 240 g/mol. The lowest BCUT2D eigenvalue weighted by Gasteiger charge is -2.28. The third-order valence-electron chi connectivity index (χ3n) is 3.44. The molecule has 0 aliphatic carbocycles. The molecular formula is C15H16N2O. The van der Waals surface area contributed by atoms with Crippen LogP contribution in [0.1, 0.15) is 18.4 Å². The van der Waals surface area contributed by atoms with Gasteiger partial charge < -0.3 is 4.90 Å². The van der Waals surface area contributed by atoms with Crippen LogP contribution in [-0.4, -0.2) is 23.9 Å². The van der Waals surface area contributed by atoms with Crippen LogP contribution in [0.5, 0.6) is 0 Å². The van der Waals surface area contributed by atoms with Gasteiger partial charge in [-0.2, -0.15) is 0 Å². The Kier molecular flexibility index (Phi) is 2.74. The van der Waals surface area contributed by atoms with Crippen molar-refractivity contribution in [2.75, 3.05) is 18.0 Å². The Hall–Kier alpha value is -1.90. The quantitative estimate of drug-likeness (QED) is 0.768. The first-order valence-corrected chi connectivity index (χ1v) is 6.37. The molecule has 1 aliphatic heterocycles. The number of fused-ring (bicyclic) bond motifs is 1. The molecule has 0 saturated carbocycles. The number of carbonyl (C=O) groups is 1. The van der Waals surface area contributed by atoms with Crippen LogP contribution in [-0.2, 0) is 4.79 Å². The normalized spacial score (nSPS) is 16.3. The summed E-state index contributed by atoms with van der Waals surface area (Å²) in [6.45, 7) is 3.50. The van der Waals surface area contributed by atoms with Crippen LogP contribution in [0.25, 0.3) is 10.9 Å². The fourth-order valence-electron chi connectivity index (χ4n) is 2.55. The zero-order valence-electron chi connectivity index (χ0n) is 10.5. The summed E-state index contributed by atoms with van der Waals surface area (Å²) in [5.41, 5.74) is 2.14. The van der Waals surface area contributed by atoms with Crippen LogP contribution in [0.2, 0.25) is 0 Å². The fraction of sp³-hybridized carbons (Fsp3) is 0.333. The van der Waals surface area contributed by atoms with E-state index in [0.717, 1.165) is 35.2 Å². The summed E-state index contributed by atoms with van der Waals surface area (Å²) in [6, 6.07) is 10.3. The van der Waals surface area contributed by atoms with Gasteiger partial charge in [-0.05, 0) is 31.0 Å². The fourth-order valence-corrected chi connectivity index (χ4v) is 2.55. The van der Waals surface area contributed by atoms with E-state index in [2.05, 4.69) is 24.0 Å². The van der Waals surface area contributed by atoms with Crippen molar-refractivity contribution in [3.63, 3.8) is 0 Å². The molecule has 0 spiro atoms. The molecule has 0 radical (unpaired) electrons. The summed E-state index contributed by atoms with van der Waals surface area (Å²) < 4.78 is 0. The lowest BCUT2D eigenvalue weighted by Crippen LogP contribution is -2.36. The number of anilines is 1. The van der Waals surface area contributed by atoms with Crippen molar-refractivity contribution in [2.45, 2.75) is 19.8 Å². The van der Waals surface area contributed by atoms with Gasteiger partial charge in [0.1, 0.15) is 5.82 Å². The van der Waals surface area contributed by atoms with Gasteiger partial charge in [0.05, 0.1) is 12.1 Å². The molecule has 3 nitrogen and oxygen atoms in total. The maximum absolute atomic E-state index is 11.6. The van der Waals surface area contributed by atoms with Crippen molar-refractivity contribution in [3.05, 3.63) is 35.9 Å². The van der Waals surface area contributed by atoms with Crippen LogP contribution in [0.3, 0.4) is 0 Å². The number of nitrogens with zero attached hydrogens (tertiary/aromatic N) is 2. The highest BCUT2D eigenvalue weighted by atomic mass is 16.1. The molecule has 0 unspecified atom stereocenters. The van der Waals surface area contributed by atoms with Crippen LogP contribution >= 0.6 is 0 Å². The number of Topliss-reactive ketones (excluding diaryl/α,β-unsaturated/α-hetero) is 1. The maximum Gasteiger partial charge on any atom is 0.152 e. The summed E-state index contributed by atoms with van der Waals surface area (Å²) in [7, 11) is 0. The Morgan fingerprint density at radius 3 is 2.94 bits per heavy atom. The standard InChI is InChI=1S/C15H16N2O/c1-11-9-12-5-2-3-7-14(12)16-15(11)17-8-4-6-13(18)10-17/h2-3,5,7,9H,4,6,8,10H2,1H3. The molecule has 3 heteroatoms. The van der Waals surface area contributed by atoms with E-state index < -0.39 is 0 Å². The highest BCUT2D eigenvalue weighted by molar-refractivity contribution is 5.86. The van der Waals surface area contributed by atoms with Crippen molar-refractivity contribution in [1.29, 1.82) is 0 Å². The second-order valence-corrected chi connectivity index (χ2v) is 4.89. The number of aryl methyl sites for hydroxylation is 1. The number of ketones is 1. The van der Waals surface area contributed by atoms with Gasteiger partial charge in [0.2, 0.25) is 0 Å². The number of para-hydroxylation sites is 1. The molecule has 1 aliphatic rings. The van der Waals surface area contributed by atoms with Gasteiger partial charge in [0, 0.05) is 18.4 Å². The first-order chi connectivity index (χ1) is 8.74. The molecular weight excluding hydrogens is 224 g/mol. The number of pyridine rings is 1. The Morgan fingerprint density at radius 1 is 1.28 bits per heavy atom. The van der Waals surface area contributed by atoms with Crippen molar-refractivity contribution in [3.8, 4) is 0 Å². The van der Waals surface area contributed by atoms with Gasteiger partial charge in [-0.25, -0.2) is 4.98 Å². The molecule has 0 bridgehead atoms. The first kappa shape index (κ1) is 11.2. The predicted octanol–water partition coefficient (Wildman–Crippen LogP) is 2.71. The third-order valence-corrected chi connectivity index (χ3v) is 3.44. The SMILES string of the molecule is Cc1cc2ccccc2nc1N1CCCC(=O)C1. The molecule has 3 rings (SSSR count). The van der Waals surface area contributed by atoms with Gasteiger partial charge in [-0.15, -0.1) is 0 Å². The van der Waals surface area contributed by atoms with Crippen LogP contribution in [0, 0.1) is 6.92 Å². The molecule has 92 valence electrons. The van der Waals surface area contributed by atoms with Gasteiger partial charge in [0.15, 0.2) is 5.78 Å². The summed E-state index contributed by atoms with van der Waals surface area (Å²) in [5, 5.41) is 1.15. The summed E-state index contributed by atoms with van der Waals surface area (Å²) in [6.07, 6.45) is 1.65. The lowest BCUT2D eigenvalue weighted by molar-refractivity contribution is -0.118. The minimum atomic E-state index is 0.315. The van der Waals surface area contributed by atoms with Crippen LogP contribution in [0.15, 0.2) is 30.3 Å². The minimum Gasteiger partial charge on any atom is -0.349 e. The highest BCUT2D eigenvalue weighted by Crippen LogP contribution is 2.24. The van der Waals surface area contributed by atoms with E-state index in [1.165, 1.54) is 0 Å². The zero-order chi connectivity index (χ0) is 12.5. The molecule has 2 aromatic rings. The second kappa shape index (κ2) is 4.41. The number of benzene rings is 1. The van der Waals surface area contributed by atoms with E-state index in [-0.39, 0.29) is 0 Å². The van der Waals surface area contributed by atoms with E-state index in [0.29, 0.717) is 18.7 Å². The van der Waals surface area contributed by atoms with Crippen molar-refractivity contribution in [1.82, 2.24) is 4.98 Å². The van der Waals surface area contributed by atoms with Crippen molar-refractivity contribution >= 4 is 22.5 Å². The van der Waals surface area contributed by atoms with E-state index >= 15 is 0 Å². The van der Waals surface area contributed by atoms with Gasteiger partial charge in [-0.3, -0.25) is 4.79 Å². The Labute approximate surface area is 106 Å². The predicted molar refractivity (Wildman–Crippen MR) is 72.9 cm³/mol. The number of rotatable bonds is 1. The van der Waals surface area contributed by atoms with Crippen LogP contribution in [0.4, 0.5) is 5.82 Å². The molecule has 18 heavy (non-hydrogen) atoms. The summed E-state index contributed by atoms with van der Waals surface area (Å²) >= 11 is 0. The first-order valence-electron chi connectivity index (χ1n) is 6.37. The van der Waals surface area contributed by atoms with Crippen molar-refractivity contribution < 1.29 is 4.79 Å². The molecule has 1 aromatic heterocycles. The van der Waals surface area contributed by atoms with E-state index in [1.807, 2.05) is 18.2 Å². The molecule has 2 heterocycles. The number of carbonyl (C=O) groups excluding carboxylic acids is 1. The number of aromatic nitrogens is 1. The highest BCUT2D eigenvalue weighted by Gasteiger charge is 2.19. The largest absolute Gasteiger partial charge is 0.349 e. The zero-order valence-corrected chi connectivity index (χ0v) is 10.5. The summed E-state index contributed by atoms with van der Waals surface area (Å²) in [5.74, 6) is 1.28. The van der Waals surface area contributed by atoms with Crippen molar-refractivity contribution in [2.24, 2.45) is 0 Å². The maximum atomic E-state index is 11.6. The Balaban J connectivity index is 2.05. The van der Waals surface area contributed by atoms with Gasteiger partial charge >= 0.3 is 0 Å². The lowest BCUT2D eigenvalue weighted by atomic mass is 10.1. The van der Waals surface area contributed by atoms with E-state index in [4.69, 9.17) is 4.98 Å². The topological polar surface area (TPSA) is 33.2 Å². The summed E-state index contributed by atoms with van der Waals surface area (Å²) in [4.78, 5) is 18.4. The molecule has 1 fully saturated rings. The van der Waals surface area contributed by atoms with E-state index in [1.54, 1.807) is 0 Å². The third kappa shape index (κ3) is 1.96. The smallest absolute Gasteiger partial charge is 0.152 e. The Morgan fingerprint density at radius 2 is 2.11 bits per heavy atom. The van der Waals surface area contributed by atoms with Gasteiger partial charge in [0.25, 0.3) is 0 Å². The molecule has 1 aromatic carbocycles. The second-order valence-electron chi connectivity index (χ2n) is 4.89. The molecule has 0 amide bonds. The average molecular weight is 240 g/mol. The van der Waals surface area contributed by atoms with E-state index in [9.17, 15) is 4.79 Å². The Bertz CT molecular complexity index is 606. The molecule has 1 saturated heterocycles. The average Bonchev–Trinajstić information content (AvgIpc) is 2.38. The molecule has 0 atom stereocenters. The molecule has 0 N–H and O–H groups in total. The number of hydrogen-bond donors (Lipinski definition) is 0. The minimum absolute atomic E-state index is 0.315. The van der Waals surface area contributed by atoms with Crippen LogP contribution < -0.4 is 4.90 Å². The number of piperidine rings is 1.